The van der Waals surface area contributed by atoms with Crippen LogP contribution in [0.3, 0.4) is 0 Å². The molecule has 3 aromatic rings. The number of carbonyl (C=O) groups is 1. The molecule has 0 aliphatic rings. The summed E-state index contributed by atoms with van der Waals surface area (Å²) in [5.41, 5.74) is 2.07. The lowest BCUT2D eigenvalue weighted by Crippen LogP contribution is -2.24. The van der Waals surface area contributed by atoms with Crippen molar-refractivity contribution in [2.24, 2.45) is 0 Å². The molecule has 198 valence electrons. The number of ether oxygens (including phenoxy) is 4. The molecule has 0 heterocycles. The number of methoxy groups -OCH3 is 2. The van der Waals surface area contributed by atoms with E-state index in [9.17, 15) is 10.1 Å². The standard InChI is InChI=1S/C28H25Cl2IN2O5/c1-4-37-26-11-17(10-24(31)27(26)38-16-19-5-7-21(29)12-23(19)30)9-20(14-32)28(34)33-15-18-6-8-22(35-2)13-25(18)36-3/h5-13H,4,15-16H2,1-3H3,(H,33,34)/b20-9+. The second kappa shape index (κ2) is 14.1. The van der Waals surface area contributed by atoms with Crippen LogP contribution in [0, 0.1) is 14.9 Å². The van der Waals surface area contributed by atoms with Crippen LogP contribution in [0.2, 0.25) is 10.0 Å². The zero-order valence-corrected chi connectivity index (χ0v) is 24.6. The highest BCUT2D eigenvalue weighted by Gasteiger charge is 2.16. The lowest BCUT2D eigenvalue weighted by Gasteiger charge is -2.15. The summed E-state index contributed by atoms with van der Waals surface area (Å²) in [6.07, 6.45) is 1.51. The first-order valence-corrected chi connectivity index (χ1v) is 13.3. The third kappa shape index (κ3) is 7.69. The Morgan fingerprint density at radius 1 is 1.03 bits per heavy atom. The van der Waals surface area contributed by atoms with Gasteiger partial charge in [0.15, 0.2) is 11.5 Å². The van der Waals surface area contributed by atoms with Crippen molar-refractivity contribution in [2.75, 3.05) is 20.8 Å². The number of halogens is 3. The third-order valence-electron chi connectivity index (χ3n) is 5.33. The van der Waals surface area contributed by atoms with Crippen LogP contribution in [0.25, 0.3) is 6.08 Å². The van der Waals surface area contributed by atoms with Gasteiger partial charge in [0.2, 0.25) is 0 Å². The van der Waals surface area contributed by atoms with Crippen LogP contribution in [0.4, 0.5) is 0 Å². The van der Waals surface area contributed by atoms with Gasteiger partial charge in [-0.2, -0.15) is 5.26 Å². The molecule has 0 aliphatic heterocycles. The Morgan fingerprint density at radius 3 is 2.45 bits per heavy atom. The van der Waals surface area contributed by atoms with E-state index in [-0.39, 0.29) is 18.7 Å². The molecule has 3 rings (SSSR count). The average molecular weight is 667 g/mol. The number of nitrogens with one attached hydrogen (secondary N) is 1. The van der Waals surface area contributed by atoms with Gasteiger partial charge in [0.1, 0.15) is 29.7 Å². The number of nitrogens with zero attached hydrogens (tertiary/aromatic N) is 1. The maximum atomic E-state index is 12.8. The van der Waals surface area contributed by atoms with Gasteiger partial charge in [-0.1, -0.05) is 29.3 Å². The molecule has 0 bridgehead atoms. The zero-order valence-electron chi connectivity index (χ0n) is 20.9. The van der Waals surface area contributed by atoms with Gasteiger partial charge in [0.05, 0.1) is 24.4 Å². The number of hydrogen-bond donors (Lipinski definition) is 1. The van der Waals surface area contributed by atoms with E-state index in [2.05, 4.69) is 27.9 Å². The topological polar surface area (TPSA) is 89.8 Å². The van der Waals surface area contributed by atoms with E-state index < -0.39 is 5.91 Å². The number of nitriles is 1. The van der Waals surface area contributed by atoms with E-state index in [1.54, 1.807) is 55.6 Å². The number of rotatable bonds is 11. The summed E-state index contributed by atoms with van der Waals surface area (Å²) in [6, 6.07) is 16.0. The van der Waals surface area contributed by atoms with E-state index in [1.807, 2.05) is 13.0 Å². The van der Waals surface area contributed by atoms with Crippen LogP contribution in [-0.4, -0.2) is 26.7 Å². The van der Waals surface area contributed by atoms with Crippen molar-refractivity contribution in [1.29, 1.82) is 5.26 Å². The van der Waals surface area contributed by atoms with Crippen molar-refractivity contribution >= 4 is 57.8 Å². The van der Waals surface area contributed by atoms with Crippen LogP contribution in [-0.2, 0) is 17.9 Å². The predicted octanol–water partition coefficient (Wildman–Crippen LogP) is 6.82. The molecule has 0 unspecified atom stereocenters. The summed E-state index contributed by atoms with van der Waals surface area (Å²) in [7, 11) is 3.10. The maximum Gasteiger partial charge on any atom is 0.262 e. The summed E-state index contributed by atoms with van der Waals surface area (Å²) >= 11 is 14.4. The van der Waals surface area contributed by atoms with E-state index in [0.717, 1.165) is 14.7 Å². The molecule has 0 atom stereocenters. The van der Waals surface area contributed by atoms with Gasteiger partial charge < -0.3 is 24.3 Å². The smallest absolute Gasteiger partial charge is 0.262 e. The van der Waals surface area contributed by atoms with Gasteiger partial charge >= 0.3 is 0 Å². The first-order chi connectivity index (χ1) is 18.3. The highest BCUT2D eigenvalue weighted by atomic mass is 127. The minimum Gasteiger partial charge on any atom is -0.497 e. The zero-order chi connectivity index (χ0) is 27.7. The summed E-state index contributed by atoms with van der Waals surface area (Å²) in [4.78, 5) is 12.8. The second-order valence-electron chi connectivity index (χ2n) is 7.82. The van der Waals surface area contributed by atoms with Crippen LogP contribution in [0.1, 0.15) is 23.6 Å². The third-order valence-corrected chi connectivity index (χ3v) is 6.72. The lowest BCUT2D eigenvalue weighted by molar-refractivity contribution is -0.117. The number of hydrogen-bond acceptors (Lipinski definition) is 6. The number of benzene rings is 3. The molecule has 0 saturated carbocycles. The van der Waals surface area contributed by atoms with Gasteiger partial charge in [-0.25, -0.2) is 0 Å². The van der Waals surface area contributed by atoms with Crippen LogP contribution >= 0.6 is 45.8 Å². The highest BCUT2D eigenvalue weighted by molar-refractivity contribution is 14.1. The molecule has 0 spiro atoms. The van der Waals surface area contributed by atoms with Crippen LogP contribution in [0.5, 0.6) is 23.0 Å². The monoisotopic (exact) mass is 666 g/mol. The van der Waals surface area contributed by atoms with Crippen molar-refractivity contribution in [1.82, 2.24) is 5.32 Å². The fourth-order valence-electron chi connectivity index (χ4n) is 3.45. The molecule has 0 saturated heterocycles. The first-order valence-electron chi connectivity index (χ1n) is 11.4. The van der Waals surface area contributed by atoms with Crippen molar-refractivity contribution in [3.63, 3.8) is 0 Å². The summed E-state index contributed by atoms with van der Waals surface area (Å²) in [5, 5.41) is 13.5. The van der Waals surface area contributed by atoms with E-state index in [0.29, 0.717) is 45.2 Å². The lowest BCUT2D eigenvalue weighted by atomic mass is 10.1. The molecule has 7 nitrogen and oxygen atoms in total. The minimum atomic E-state index is -0.518. The number of carbonyl (C=O) groups excluding carboxylic acids is 1. The fraction of sp³-hybridized carbons (Fsp3) is 0.214. The fourth-order valence-corrected chi connectivity index (χ4v) is 4.69. The minimum absolute atomic E-state index is 0.0580. The van der Waals surface area contributed by atoms with Gasteiger partial charge in [0.25, 0.3) is 5.91 Å². The largest absolute Gasteiger partial charge is 0.497 e. The molecule has 0 fully saturated rings. The van der Waals surface area contributed by atoms with Crippen LogP contribution in [0.15, 0.2) is 54.1 Å². The SMILES string of the molecule is CCOc1cc(/C=C(\C#N)C(=O)NCc2ccc(OC)cc2OC)cc(I)c1OCc1ccc(Cl)cc1Cl. The molecule has 1 N–H and O–H groups in total. The average Bonchev–Trinajstić information content (AvgIpc) is 2.90. The van der Waals surface area contributed by atoms with Crippen molar-refractivity contribution < 1.29 is 23.7 Å². The Kier molecular flexibility index (Phi) is 11.0. The van der Waals surface area contributed by atoms with Gasteiger partial charge in [-0.05, 0) is 77.6 Å². The van der Waals surface area contributed by atoms with E-state index in [4.69, 9.17) is 42.1 Å². The molecule has 0 aromatic heterocycles. The molecule has 10 heteroatoms. The summed E-state index contributed by atoms with van der Waals surface area (Å²) in [6.45, 7) is 2.64. The van der Waals surface area contributed by atoms with Gasteiger partial charge in [0, 0.05) is 33.8 Å². The Bertz CT molecular complexity index is 1390. The predicted molar refractivity (Wildman–Crippen MR) is 156 cm³/mol. The summed E-state index contributed by atoms with van der Waals surface area (Å²) < 4.78 is 23.2. The molecule has 0 radical (unpaired) electrons. The maximum absolute atomic E-state index is 12.8. The van der Waals surface area contributed by atoms with E-state index in [1.165, 1.54) is 13.2 Å². The van der Waals surface area contributed by atoms with Crippen molar-refractivity contribution in [3.05, 3.63) is 84.4 Å². The molecule has 0 aliphatic carbocycles. The first kappa shape index (κ1) is 29.4. The molecule has 38 heavy (non-hydrogen) atoms. The van der Waals surface area contributed by atoms with Crippen molar-refractivity contribution in [2.45, 2.75) is 20.1 Å². The van der Waals surface area contributed by atoms with Crippen LogP contribution < -0.4 is 24.3 Å². The molecule has 3 aromatic carbocycles. The Hall–Kier alpha value is -3.13. The Balaban J connectivity index is 1.80. The normalized spacial score (nSPS) is 10.9. The van der Waals surface area contributed by atoms with Gasteiger partial charge in [-0.3, -0.25) is 4.79 Å². The molecular weight excluding hydrogens is 642 g/mol. The second-order valence-corrected chi connectivity index (χ2v) is 9.82. The number of amides is 1. The summed E-state index contributed by atoms with van der Waals surface area (Å²) in [5.74, 6) is 1.70. The van der Waals surface area contributed by atoms with Gasteiger partial charge in [-0.15, -0.1) is 0 Å². The quantitative estimate of drug-likeness (QED) is 0.137. The molecule has 1 amide bonds. The molecular formula is C28H25Cl2IN2O5. The van der Waals surface area contributed by atoms with E-state index >= 15 is 0 Å². The highest BCUT2D eigenvalue weighted by Crippen LogP contribution is 2.36. The Morgan fingerprint density at radius 2 is 1.79 bits per heavy atom. The Labute approximate surface area is 245 Å². The van der Waals surface area contributed by atoms with Crippen molar-refractivity contribution in [3.8, 4) is 29.1 Å².